The molecule has 0 spiro atoms. The lowest BCUT2D eigenvalue weighted by atomic mass is 9.44. The summed E-state index contributed by atoms with van der Waals surface area (Å²) in [5.41, 5.74) is -7.92. The Morgan fingerprint density at radius 1 is 1.07 bits per heavy atom. The topological polar surface area (TPSA) is 99.1 Å². The monoisotopic (exact) mass is 608 g/mol. The van der Waals surface area contributed by atoms with Crippen LogP contribution in [0.15, 0.2) is 23.8 Å². The molecule has 1 N–H and O–H groups in total. The summed E-state index contributed by atoms with van der Waals surface area (Å²) in [6.45, 7) is 9.69. The van der Waals surface area contributed by atoms with Crippen LogP contribution in [-0.2, 0) is 23.8 Å². The number of ketones is 1. The Morgan fingerprint density at radius 2 is 1.77 bits per heavy atom. The van der Waals surface area contributed by atoms with E-state index in [1.807, 2.05) is 0 Å². The standard InChI is InChI=1S/C33H43F3O7/c1-17-11-20-21-14-23(35)22-13-19(37)8-10-29(22,4)32(21,36)24(38)15-31(20,6)33(17,26(39)41-16-34)43-27(40)42-25-12-18-7-9-30(25,5)28(18,2)3/h8,10,13,17-18,20-21,23-25,38H,7,9,11-12,14-16H2,1-6H3/t17-,18-,20+,21+,23+,24+,25+,29+,30+,31+,32+,33+/m1/s1. The molecule has 0 heterocycles. The minimum atomic E-state index is -2.38. The molecule has 2 bridgehead atoms. The smallest absolute Gasteiger partial charge is 0.431 e. The third-order valence-corrected chi connectivity index (χ3v) is 13.9. The molecule has 6 rings (SSSR count). The quantitative estimate of drug-likeness (QED) is 0.384. The third-order valence-electron chi connectivity index (χ3n) is 13.9. The van der Waals surface area contributed by atoms with Crippen molar-refractivity contribution in [1.82, 2.24) is 0 Å². The number of halogens is 3. The fourth-order valence-corrected chi connectivity index (χ4v) is 11.0. The largest absolute Gasteiger partial charge is 0.509 e. The van der Waals surface area contributed by atoms with E-state index in [-0.39, 0.29) is 35.7 Å². The van der Waals surface area contributed by atoms with Crippen LogP contribution in [0.5, 0.6) is 0 Å². The number of ether oxygens (including phenoxy) is 3. The summed E-state index contributed by atoms with van der Waals surface area (Å²) < 4.78 is 63.8. The number of hydrogen-bond acceptors (Lipinski definition) is 7. The maximum Gasteiger partial charge on any atom is 0.509 e. The highest BCUT2D eigenvalue weighted by atomic mass is 19.1. The van der Waals surface area contributed by atoms with Crippen LogP contribution < -0.4 is 0 Å². The number of aliphatic hydroxyl groups is 1. The molecule has 5 saturated carbocycles. The summed E-state index contributed by atoms with van der Waals surface area (Å²) in [6.07, 6.45) is 0.710. The molecule has 0 aromatic rings. The van der Waals surface area contributed by atoms with Crippen LogP contribution in [-0.4, -0.2) is 59.5 Å². The molecule has 43 heavy (non-hydrogen) atoms. The van der Waals surface area contributed by atoms with E-state index in [2.05, 4.69) is 20.8 Å². The number of rotatable bonds is 4. The first-order chi connectivity index (χ1) is 19.9. The molecule has 0 radical (unpaired) electrons. The lowest BCUT2D eigenvalue weighted by molar-refractivity contribution is -0.236. The molecule has 7 nitrogen and oxygen atoms in total. The van der Waals surface area contributed by atoms with Gasteiger partial charge < -0.3 is 19.3 Å². The zero-order chi connectivity index (χ0) is 31.5. The fraction of sp³-hybridized carbons (Fsp3) is 0.788. The highest BCUT2D eigenvalue weighted by Crippen LogP contribution is 2.72. The van der Waals surface area contributed by atoms with E-state index in [4.69, 9.17) is 14.2 Å². The Bertz CT molecular complexity index is 1310. The van der Waals surface area contributed by atoms with Crippen molar-refractivity contribution in [3.63, 3.8) is 0 Å². The van der Waals surface area contributed by atoms with Gasteiger partial charge in [-0.05, 0) is 80.4 Å². The van der Waals surface area contributed by atoms with Crippen molar-refractivity contribution in [3.05, 3.63) is 23.8 Å². The molecule has 238 valence electrons. The molecule has 0 unspecified atom stereocenters. The molecule has 12 atom stereocenters. The summed E-state index contributed by atoms with van der Waals surface area (Å²) in [7, 11) is 0. The van der Waals surface area contributed by atoms with Crippen LogP contribution in [0.2, 0.25) is 0 Å². The Hall–Kier alpha value is -2.36. The molecule has 5 fully saturated rings. The summed E-state index contributed by atoms with van der Waals surface area (Å²) in [4.78, 5) is 39.5. The van der Waals surface area contributed by atoms with Crippen LogP contribution in [0.25, 0.3) is 0 Å². The van der Waals surface area contributed by atoms with Crippen LogP contribution in [0.1, 0.15) is 80.1 Å². The zero-order valence-electron chi connectivity index (χ0n) is 25.8. The highest BCUT2D eigenvalue weighted by molar-refractivity contribution is 6.01. The maximum atomic E-state index is 17.6. The van der Waals surface area contributed by atoms with Crippen molar-refractivity contribution in [2.24, 2.45) is 45.3 Å². The minimum absolute atomic E-state index is 0.0161. The van der Waals surface area contributed by atoms with E-state index in [9.17, 15) is 23.9 Å². The second kappa shape index (κ2) is 9.33. The van der Waals surface area contributed by atoms with Gasteiger partial charge in [-0.2, -0.15) is 0 Å². The lowest BCUT2D eigenvalue weighted by Crippen LogP contribution is -2.71. The van der Waals surface area contributed by atoms with Gasteiger partial charge in [0.15, 0.2) is 11.5 Å². The summed E-state index contributed by atoms with van der Waals surface area (Å²) in [5.74, 6) is -3.87. The first-order valence-electron chi connectivity index (χ1n) is 15.5. The van der Waals surface area contributed by atoms with Crippen molar-refractivity contribution < 1.29 is 46.9 Å². The number of alkyl halides is 3. The van der Waals surface area contributed by atoms with Crippen LogP contribution in [0.4, 0.5) is 18.0 Å². The molecular formula is C33H43F3O7. The van der Waals surface area contributed by atoms with Crippen molar-refractivity contribution in [2.75, 3.05) is 6.86 Å². The molecule has 0 aromatic heterocycles. The van der Waals surface area contributed by atoms with E-state index in [1.165, 1.54) is 19.1 Å². The molecule has 0 amide bonds. The predicted molar refractivity (Wildman–Crippen MR) is 149 cm³/mol. The SMILES string of the molecule is C[C@@H]1C[C@H]2[C@@H]3C[C@H](F)C4=CC(=O)C=C[C@]4(C)[C@@]3(F)[C@@H](O)C[C@]2(C)[C@@]1(OC(=O)O[C@H]1C[C@H]2CC[C@]1(C)C2(C)C)C(=O)OCF. The van der Waals surface area contributed by atoms with Crippen LogP contribution in [0.3, 0.4) is 0 Å². The second-order valence-electron chi connectivity index (χ2n) is 15.3. The number of carbonyl (C=O) groups excluding carboxylic acids is 3. The first-order valence-corrected chi connectivity index (χ1v) is 15.5. The van der Waals surface area contributed by atoms with E-state index < -0.39 is 83.0 Å². The Morgan fingerprint density at radius 3 is 2.37 bits per heavy atom. The zero-order valence-corrected chi connectivity index (χ0v) is 25.8. The van der Waals surface area contributed by atoms with Gasteiger partial charge in [-0.25, -0.2) is 22.8 Å². The molecule has 0 saturated heterocycles. The number of carbonyl (C=O) groups is 3. The average Bonchev–Trinajstić information content (AvgIpc) is 3.36. The van der Waals surface area contributed by atoms with Gasteiger partial charge in [0, 0.05) is 28.1 Å². The van der Waals surface area contributed by atoms with Crippen LogP contribution in [0, 0.1) is 45.3 Å². The average molecular weight is 609 g/mol. The number of fused-ring (bicyclic) bond motifs is 7. The van der Waals surface area contributed by atoms with Gasteiger partial charge in [0.1, 0.15) is 12.3 Å². The fourth-order valence-electron chi connectivity index (χ4n) is 11.0. The molecule has 6 aliphatic rings. The molecule has 6 aliphatic carbocycles. The second-order valence-corrected chi connectivity index (χ2v) is 15.3. The molecular weight excluding hydrogens is 565 g/mol. The van der Waals surface area contributed by atoms with Crippen molar-refractivity contribution >= 4 is 17.9 Å². The maximum absolute atomic E-state index is 17.6. The van der Waals surface area contributed by atoms with E-state index in [0.717, 1.165) is 18.9 Å². The molecule has 0 aliphatic heterocycles. The van der Waals surface area contributed by atoms with E-state index in [1.54, 1.807) is 13.8 Å². The Labute approximate surface area is 250 Å². The van der Waals surface area contributed by atoms with Crippen molar-refractivity contribution in [1.29, 1.82) is 0 Å². The van der Waals surface area contributed by atoms with Gasteiger partial charge in [0.25, 0.3) is 0 Å². The number of hydrogen-bond donors (Lipinski definition) is 1. The summed E-state index contributed by atoms with van der Waals surface area (Å²) >= 11 is 0. The third kappa shape index (κ3) is 3.56. The normalized spacial score (nSPS) is 50.8. The van der Waals surface area contributed by atoms with E-state index in [0.29, 0.717) is 12.3 Å². The van der Waals surface area contributed by atoms with Crippen molar-refractivity contribution in [3.8, 4) is 0 Å². The number of esters is 1. The van der Waals surface area contributed by atoms with Gasteiger partial charge in [0.05, 0.1) is 6.10 Å². The van der Waals surface area contributed by atoms with E-state index >= 15 is 8.78 Å². The first kappa shape index (κ1) is 30.7. The molecule has 0 aromatic carbocycles. The number of aliphatic hydroxyl groups excluding tert-OH is 1. The number of allylic oxidation sites excluding steroid dienone is 4. The summed E-state index contributed by atoms with van der Waals surface area (Å²) in [6, 6.07) is 0. The lowest BCUT2D eigenvalue weighted by Gasteiger charge is -2.62. The van der Waals surface area contributed by atoms with Crippen LogP contribution >= 0.6 is 0 Å². The van der Waals surface area contributed by atoms with Gasteiger partial charge in [-0.3, -0.25) is 4.79 Å². The van der Waals surface area contributed by atoms with Crippen molar-refractivity contribution in [2.45, 2.75) is 110 Å². The predicted octanol–water partition coefficient (Wildman–Crippen LogP) is 6.13. The van der Waals surface area contributed by atoms with Gasteiger partial charge in [-0.15, -0.1) is 0 Å². The minimum Gasteiger partial charge on any atom is -0.431 e. The van der Waals surface area contributed by atoms with Gasteiger partial charge in [0.2, 0.25) is 12.5 Å². The highest BCUT2D eigenvalue weighted by Gasteiger charge is 2.79. The summed E-state index contributed by atoms with van der Waals surface area (Å²) in [5, 5.41) is 11.6. The Balaban J connectivity index is 1.37. The Kier molecular flexibility index (Phi) is 6.65. The van der Waals surface area contributed by atoms with Gasteiger partial charge in [-0.1, -0.05) is 40.7 Å². The molecule has 10 heteroatoms. The van der Waals surface area contributed by atoms with Gasteiger partial charge >= 0.3 is 12.1 Å².